The van der Waals surface area contributed by atoms with Gasteiger partial charge in [0.15, 0.2) is 0 Å². The molecule has 1 unspecified atom stereocenters. The number of hydrogen-bond donors (Lipinski definition) is 1. The highest BCUT2D eigenvalue weighted by atomic mass is 16.5. The maximum absolute atomic E-state index is 5.90. The van der Waals surface area contributed by atoms with E-state index in [-0.39, 0.29) is 6.04 Å². The number of benzene rings is 1. The predicted octanol–water partition coefficient (Wildman–Crippen LogP) is 2.34. The topological polar surface area (TPSA) is 44.5 Å². The molecule has 0 saturated heterocycles. The third-order valence-electron chi connectivity index (χ3n) is 2.74. The Morgan fingerprint density at radius 2 is 1.73 bits per heavy atom. The molecule has 0 aromatic heterocycles. The Morgan fingerprint density at radius 1 is 1.13 bits per heavy atom. The van der Waals surface area contributed by atoms with Crippen molar-refractivity contribution in [3.63, 3.8) is 0 Å². The first kappa shape index (κ1) is 11.9. The molecule has 0 aliphatic rings. The first-order valence-corrected chi connectivity index (χ1v) is 5.00. The molecule has 1 aromatic rings. The third kappa shape index (κ3) is 2.07. The Morgan fingerprint density at radius 3 is 2.13 bits per heavy atom. The molecular weight excluding hydrogens is 190 g/mol. The van der Waals surface area contributed by atoms with Crippen LogP contribution in [0.2, 0.25) is 0 Å². The molecule has 84 valence electrons. The maximum Gasteiger partial charge on any atom is 0.127 e. The minimum Gasteiger partial charge on any atom is -0.496 e. The number of ether oxygens (including phenoxy) is 2. The van der Waals surface area contributed by atoms with Crippen molar-refractivity contribution < 1.29 is 9.47 Å². The van der Waals surface area contributed by atoms with E-state index in [1.54, 1.807) is 14.2 Å². The van der Waals surface area contributed by atoms with Crippen LogP contribution >= 0.6 is 0 Å². The van der Waals surface area contributed by atoms with Crippen molar-refractivity contribution in [2.24, 2.45) is 5.73 Å². The predicted molar refractivity (Wildman–Crippen MR) is 61.6 cm³/mol. The molecule has 0 bridgehead atoms. The van der Waals surface area contributed by atoms with E-state index in [2.05, 4.69) is 0 Å². The average molecular weight is 209 g/mol. The maximum atomic E-state index is 5.90. The second-order valence-corrected chi connectivity index (χ2v) is 3.74. The number of nitrogens with two attached hydrogens (primary N) is 1. The molecule has 1 rings (SSSR count). The lowest BCUT2D eigenvalue weighted by molar-refractivity contribution is 0.391. The van der Waals surface area contributed by atoms with Gasteiger partial charge in [0.25, 0.3) is 0 Å². The van der Waals surface area contributed by atoms with Crippen LogP contribution in [0.15, 0.2) is 6.07 Å². The van der Waals surface area contributed by atoms with Crippen molar-refractivity contribution in [3.05, 3.63) is 22.8 Å². The standard InChI is InChI=1S/C12H19NO2/c1-7-8(2)12(15-5)10(9(3)13)6-11(7)14-4/h6,9H,13H2,1-5H3. The summed E-state index contributed by atoms with van der Waals surface area (Å²) in [6.07, 6.45) is 0. The molecule has 0 heterocycles. The van der Waals surface area contributed by atoms with Crippen molar-refractivity contribution in [2.75, 3.05) is 14.2 Å². The molecule has 3 heteroatoms. The van der Waals surface area contributed by atoms with Gasteiger partial charge >= 0.3 is 0 Å². The van der Waals surface area contributed by atoms with Crippen molar-refractivity contribution in [1.82, 2.24) is 0 Å². The lowest BCUT2D eigenvalue weighted by Gasteiger charge is -2.18. The van der Waals surface area contributed by atoms with Gasteiger partial charge in [-0.15, -0.1) is 0 Å². The Hall–Kier alpha value is -1.22. The van der Waals surface area contributed by atoms with Crippen LogP contribution < -0.4 is 15.2 Å². The van der Waals surface area contributed by atoms with Crippen molar-refractivity contribution >= 4 is 0 Å². The van der Waals surface area contributed by atoms with Crippen molar-refractivity contribution in [2.45, 2.75) is 26.8 Å². The molecule has 0 fully saturated rings. The second-order valence-electron chi connectivity index (χ2n) is 3.74. The van der Waals surface area contributed by atoms with Crippen LogP contribution in [0.4, 0.5) is 0 Å². The van der Waals surface area contributed by atoms with Crippen LogP contribution in [0.5, 0.6) is 11.5 Å². The summed E-state index contributed by atoms with van der Waals surface area (Å²) in [5.41, 5.74) is 9.06. The zero-order valence-electron chi connectivity index (χ0n) is 10.0. The summed E-state index contributed by atoms with van der Waals surface area (Å²) in [6, 6.07) is 1.89. The fourth-order valence-electron chi connectivity index (χ4n) is 1.71. The van der Waals surface area contributed by atoms with E-state index < -0.39 is 0 Å². The largest absolute Gasteiger partial charge is 0.496 e. The zero-order chi connectivity index (χ0) is 11.6. The third-order valence-corrected chi connectivity index (χ3v) is 2.74. The molecule has 0 aliphatic carbocycles. The molecule has 0 spiro atoms. The summed E-state index contributed by atoms with van der Waals surface area (Å²) < 4.78 is 10.7. The molecule has 0 radical (unpaired) electrons. The quantitative estimate of drug-likeness (QED) is 0.831. The van der Waals surface area contributed by atoms with E-state index in [1.165, 1.54) is 0 Å². The first-order valence-electron chi connectivity index (χ1n) is 5.00. The van der Waals surface area contributed by atoms with Crippen LogP contribution in [-0.4, -0.2) is 14.2 Å². The van der Waals surface area contributed by atoms with E-state index in [4.69, 9.17) is 15.2 Å². The second kappa shape index (κ2) is 4.53. The lowest BCUT2D eigenvalue weighted by atomic mass is 9.99. The van der Waals surface area contributed by atoms with Gasteiger partial charge in [-0.05, 0) is 38.0 Å². The fourth-order valence-corrected chi connectivity index (χ4v) is 1.71. The fraction of sp³-hybridized carbons (Fsp3) is 0.500. The van der Waals surface area contributed by atoms with E-state index in [0.717, 1.165) is 28.2 Å². The highest BCUT2D eigenvalue weighted by Crippen LogP contribution is 2.35. The van der Waals surface area contributed by atoms with Crippen LogP contribution in [0.3, 0.4) is 0 Å². The van der Waals surface area contributed by atoms with E-state index in [0.29, 0.717) is 0 Å². The van der Waals surface area contributed by atoms with Gasteiger partial charge in [0.1, 0.15) is 11.5 Å². The SMILES string of the molecule is COc1cc(C(C)N)c(OC)c(C)c1C. The van der Waals surface area contributed by atoms with Gasteiger partial charge in [0.05, 0.1) is 14.2 Å². The average Bonchev–Trinajstić information content (AvgIpc) is 2.21. The normalized spacial score (nSPS) is 12.4. The molecule has 3 nitrogen and oxygen atoms in total. The first-order chi connectivity index (χ1) is 7.02. The molecular formula is C12H19NO2. The molecule has 0 aliphatic heterocycles. The number of rotatable bonds is 3. The van der Waals surface area contributed by atoms with Gasteiger partial charge in [-0.25, -0.2) is 0 Å². The summed E-state index contributed by atoms with van der Waals surface area (Å²) >= 11 is 0. The van der Waals surface area contributed by atoms with Crippen LogP contribution in [0, 0.1) is 13.8 Å². The molecule has 0 amide bonds. The van der Waals surface area contributed by atoms with Crippen molar-refractivity contribution in [3.8, 4) is 11.5 Å². The minimum absolute atomic E-state index is 0.0619. The molecule has 15 heavy (non-hydrogen) atoms. The zero-order valence-corrected chi connectivity index (χ0v) is 10.0. The van der Waals surface area contributed by atoms with Crippen LogP contribution in [0.1, 0.15) is 29.7 Å². The molecule has 1 aromatic carbocycles. The lowest BCUT2D eigenvalue weighted by Crippen LogP contribution is -2.09. The van der Waals surface area contributed by atoms with E-state index in [9.17, 15) is 0 Å². The summed E-state index contributed by atoms with van der Waals surface area (Å²) in [5.74, 6) is 1.73. The molecule has 0 saturated carbocycles. The van der Waals surface area contributed by atoms with Gasteiger partial charge in [-0.2, -0.15) is 0 Å². The monoisotopic (exact) mass is 209 g/mol. The highest BCUT2D eigenvalue weighted by molar-refractivity contribution is 5.53. The summed E-state index contributed by atoms with van der Waals surface area (Å²) in [6.45, 7) is 5.97. The van der Waals surface area contributed by atoms with E-state index in [1.807, 2.05) is 26.8 Å². The Labute approximate surface area is 91.2 Å². The number of hydrogen-bond acceptors (Lipinski definition) is 3. The van der Waals surface area contributed by atoms with Crippen molar-refractivity contribution in [1.29, 1.82) is 0 Å². The minimum atomic E-state index is -0.0619. The van der Waals surface area contributed by atoms with E-state index >= 15 is 0 Å². The van der Waals surface area contributed by atoms with Gasteiger partial charge in [-0.3, -0.25) is 0 Å². The Bertz CT molecular complexity index is 359. The van der Waals surface area contributed by atoms with Gasteiger partial charge in [-0.1, -0.05) is 0 Å². The van der Waals surface area contributed by atoms with Crippen LogP contribution in [0.25, 0.3) is 0 Å². The highest BCUT2D eigenvalue weighted by Gasteiger charge is 2.15. The Kier molecular flexibility index (Phi) is 3.58. The Balaban J connectivity index is 3.44. The summed E-state index contributed by atoms with van der Waals surface area (Å²) in [7, 11) is 3.33. The summed E-state index contributed by atoms with van der Waals surface area (Å²) in [5, 5.41) is 0. The van der Waals surface area contributed by atoms with Gasteiger partial charge in [0.2, 0.25) is 0 Å². The number of methoxy groups -OCH3 is 2. The summed E-state index contributed by atoms with van der Waals surface area (Å²) in [4.78, 5) is 0. The molecule has 1 atom stereocenters. The van der Waals surface area contributed by atoms with Gasteiger partial charge < -0.3 is 15.2 Å². The smallest absolute Gasteiger partial charge is 0.127 e. The van der Waals surface area contributed by atoms with Gasteiger partial charge in [0, 0.05) is 11.6 Å². The molecule has 2 N–H and O–H groups in total. The van der Waals surface area contributed by atoms with Crippen LogP contribution in [-0.2, 0) is 0 Å².